The molecule has 0 aliphatic carbocycles. The van der Waals surface area contributed by atoms with Crippen LogP contribution >= 0.6 is 0 Å². The minimum Gasteiger partial charge on any atom is -0.616 e. The van der Waals surface area contributed by atoms with E-state index in [0.717, 1.165) is 22.9 Å². The molecule has 3 aromatic rings. The number of carbonyl (C=O) groups excluding carboxylic acids is 1. The van der Waals surface area contributed by atoms with Crippen molar-refractivity contribution in [1.29, 1.82) is 0 Å². The molecule has 1 unspecified atom stereocenters. The van der Waals surface area contributed by atoms with E-state index in [4.69, 9.17) is 13.7 Å². The number of phenols is 1. The van der Waals surface area contributed by atoms with E-state index in [9.17, 15) is 22.9 Å². The van der Waals surface area contributed by atoms with Gasteiger partial charge in [-0.2, -0.15) is 8.42 Å². The van der Waals surface area contributed by atoms with Crippen molar-refractivity contribution in [3.8, 4) is 17.2 Å². The van der Waals surface area contributed by atoms with Gasteiger partial charge in [-0.15, -0.1) is 0 Å². The van der Waals surface area contributed by atoms with Crippen LogP contribution in [0.25, 0.3) is 0 Å². The third-order valence-electron chi connectivity index (χ3n) is 5.48. The predicted octanol–water partition coefficient (Wildman–Crippen LogP) is 3.43. The minimum absolute atomic E-state index is 0.169. The molecule has 1 N–H and O–H groups in total. The van der Waals surface area contributed by atoms with Crippen LogP contribution in [0.4, 0.5) is 0 Å². The summed E-state index contributed by atoms with van der Waals surface area (Å²) in [7, 11) is -2.28. The number of esters is 1. The average Bonchev–Trinajstić information content (AvgIpc) is 2.87. The second-order valence-corrected chi connectivity index (χ2v) is 11.7. The van der Waals surface area contributed by atoms with E-state index < -0.39 is 32.5 Å². The van der Waals surface area contributed by atoms with Crippen LogP contribution in [0.3, 0.4) is 0 Å². The zero-order valence-electron chi connectivity index (χ0n) is 20.7. The number of benzene rings is 3. The van der Waals surface area contributed by atoms with Crippen molar-refractivity contribution in [3.05, 3.63) is 89.5 Å². The first-order valence-electron chi connectivity index (χ1n) is 11.6. The normalized spacial score (nSPS) is 12.9. The van der Waals surface area contributed by atoms with Gasteiger partial charge in [-0.3, -0.25) is 0 Å². The van der Waals surface area contributed by atoms with Crippen molar-refractivity contribution in [2.24, 2.45) is 0 Å². The lowest BCUT2D eigenvalue weighted by Gasteiger charge is -2.20. The van der Waals surface area contributed by atoms with Crippen LogP contribution in [0.1, 0.15) is 16.7 Å². The monoisotopic (exact) mass is 546 g/mol. The number of hydrogen-bond donors (Lipinski definition) is 1. The Morgan fingerprint density at radius 3 is 2.03 bits per heavy atom. The van der Waals surface area contributed by atoms with Gasteiger partial charge < -0.3 is 23.3 Å². The Balaban J connectivity index is 1.50. The molecule has 198 valence electrons. The van der Waals surface area contributed by atoms with E-state index in [2.05, 4.69) is 0 Å². The van der Waals surface area contributed by atoms with Crippen LogP contribution < -0.4 is 8.92 Å². The van der Waals surface area contributed by atoms with Crippen molar-refractivity contribution >= 4 is 27.3 Å². The molecule has 3 rings (SSSR count). The summed E-state index contributed by atoms with van der Waals surface area (Å²) in [6.07, 6.45) is 2.44. The predicted molar refractivity (Wildman–Crippen MR) is 142 cm³/mol. The molecule has 0 amide bonds. The summed E-state index contributed by atoms with van der Waals surface area (Å²) >= 11 is -1.43. The van der Waals surface area contributed by atoms with Crippen LogP contribution in [0.5, 0.6) is 17.2 Å². The van der Waals surface area contributed by atoms with Crippen molar-refractivity contribution in [2.45, 2.75) is 24.5 Å². The highest BCUT2D eigenvalue weighted by Gasteiger charge is 2.31. The largest absolute Gasteiger partial charge is 0.616 e. The first kappa shape index (κ1) is 28.4. The molecule has 0 aliphatic heterocycles. The third kappa shape index (κ3) is 9.64. The van der Waals surface area contributed by atoms with Gasteiger partial charge in [-0.1, -0.05) is 36.4 Å². The molecule has 0 saturated heterocycles. The van der Waals surface area contributed by atoms with Crippen molar-refractivity contribution in [1.82, 2.24) is 0 Å². The molecule has 0 aromatic heterocycles. The maximum Gasteiger partial charge on any atom is 0.359 e. The Bertz CT molecular complexity index is 1240. The van der Waals surface area contributed by atoms with E-state index in [-0.39, 0.29) is 11.5 Å². The number of ether oxygens (including phenoxy) is 2. The molecule has 3 aromatic carbocycles. The Labute approximate surface area is 220 Å². The second-order valence-electron chi connectivity index (χ2n) is 8.39. The van der Waals surface area contributed by atoms with Gasteiger partial charge in [0.25, 0.3) is 0 Å². The summed E-state index contributed by atoms with van der Waals surface area (Å²) in [4.78, 5) is 12.3. The van der Waals surface area contributed by atoms with Crippen LogP contribution in [0, 0.1) is 0 Å². The Hall–Kier alpha value is -3.21. The summed E-state index contributed by atoms with van der Waals surface area (Å²) in [5.74, 6) is 0.782. The van der Waals surface area contributed by atoms with Crippen LogP contribution in [0.2, 0.25) is 0 Å². The molecule has 0 aliphatic rings. The lowest BCUT2D eigenvalue weighted by molar-refractivity contribution is -0.140. The van der Waals surface area contributed by atoms with E-state index in [1.165, 1.54) is 19.2 Å². The van der Waals surface area contributed by atoms with Crippen molar-refractivity contribution < 1.29 is 36.5 Å². The molecule has 37 heavy (non-hydrogen) atoms. The van der Waals surface area contributed by atoms with Crippen LogP contribution in [-0.2, 0) is 50.1 Å². The third-order valence-corrected chi connectivity index (χ3v) is 7.58. The fourth-order valence-corrected chi connectivity index (χ4v) is 5.42. The van der Waals surface area contributed by atoms with Gasteiger partial charge >= 0.3 is 16.1 Å². The smallest absolute Gasteiger partial charge is 0.359 e. The fourth-order valence-electron chi connectivity index (χ4n) is 3.55. The number of hydrogen-bond acceptors (Lipinski definition) is 8. The molecule has 0 radical (unpaired) electrons. The van der Waals surface area contributed by atoms with Crippen LogP contribution in [-0.4, -0.2) is 55.0 Å². The summed E-state index contributed by atoms with van der Waals surface area (Å²) in [6, 6.07) is 20.7. The maximum absolute atomic E-state index is 12.9. The van der Waals surface area contributed by atoms with Gasteiger partial charge in [0, 0.05) is 19.3 Å². The standard InChI is InChI=1S/C27H30O8S2/c1-33-27(29)26(36(30)18-16-21-7-9-23(28)10-8-21)19-22-5-3-20(4-6-22)15-17-34-24-11-13-25(14-12-24)35-37(2,31)32/h3-14,26,28H,15-19H2,1-2H3/t26-,36?/m1/s1. The van der Waals surface area contributed by atoms with E-state index in [0.29, 0.717) is 37.4 Å². The van der Waals surface area contributed by atoms with Crippen LogP contribution in [0.15, 0.2) is 72.8 Å². The van der Waals surface area contributed by atoms with Gasteiger partial charge in [-0.25, -0.2) is 4.79 Å². The summed E-state index contributed by atoms with van der Waals surface area (Å²) in [6.45, 7) is 0.414. The van der Waals surface area contributed by atoms with Gasteiger partial charge in [0.15, 0.2) is 0 Å². The Morgan fingerprint density at radius 2 is 1.43 bits per heavy atom. The highest BCUT2D eigenvalue weighted by Crippen LogP contribution is 2.20. The van der Waals surface area contributed by atoms with Crippen molar-refractivity contribution in [2.75, 3.05) is 25.7 Å². The summed E-state index contributed by atoms with van der Waals surface area (Å²) < 4.78 is 50.7. The summed E-state index contributed by atoms with van der Waals surface area (Å²) in [5.41, 5.74) is 2.84. The molecule has 0 bridgehead atoms. The number of rotatable bonds is 13. The van der Waals surface area contributed by atoms with E-state index in [1.807, 2.05) is 24.3 Å². The number of carbonyl (C=O) groups is 1. The number of methoxy groups -OCH3 is 1. The molecule has 0 heterocycles. The average molecular weight is 547 g/mol. The number of phenolic OH excluding ortho intramolecular Hbond substituents is 1. The second kappa shape index (κ2) is 13.4. The highest BCUT2D eigenvalue weighted by atomic mass is 32.2. The fraction of sp³-hybridized carbons (Fsp3) is 0.296. The van der Waals surface area contributed by atoms with Gasteiger partial charge in [0.2, 0.25) is 5.25 Å². The van der Waals surface area contributed by atoms with Gasteiger partial charge in [-0.05, 0) is 64.3 Å². The molecule has 0 saturated carbocycles. The minimum atomic E-state index is -3.57. The first-order chi connectivity index (χ1) is 17.6. The van der Waals surface area contributed by atoms with Gasteiger partial charge in [0.05, 0.1) is 20.0 Å². The molecular formula is C27H30O8S2. The van der Waals surface area contributed by atoms with Crippen molar-refractivity contribution in [3.63, 3.8) is 0 Å². The first-order valence-corrected chi connectivity index (χ1v) is 14.8. The molecule has 0 fully saturated rings. The quantitative estimate of drug-likeness (QED) is 0.197. The highest BCUT2D eigenvalue weighted by molar-refractivity contribution is 7.92. The lowest BCUT2D eigenvalue weighted by atomic mass is 10.1. The molecule has 10 heteroatoms. The Morgan fingerprint density at radius 1 is 0.892 bits per heavy atom. The molecular weight excluding hydrogens is 516 g/mol. The molecule has 8 nitrogen and oxygen atoms in total. The van der Waals surface area contributed by atoms with E-state index in [1.54, 1.807) is 36.4 Å². The van der Waals surface area contributed by atoms with Gasteiger partial charge in [0.1, 0.15) is 23.0 Å². The molecule has 2 atom stereocenters. The topological polar surface area (TPSA) is 122 Å². The Kier molecular flexibility index (Phi) is 10.2. The lowest BCUT2D eigenvalue weighted by Crippen LogP contribution is -2.35. The number of aromatic hydroxyl groups is 1. The zero-order chi connectivity index (χ0) is 26.8. The zero-order valence-corrected chi connectivity index (χ0v) is 22.3. The molecule has 0 spiro atoms. The van der Waals surface area contributed by atoms with E-state index >= 15 is 0 Å². The maximum atomic E-state index is 12.9. The SMILES string of the molecule is COC(=O)[C@@H](Cc1ccc(CCOc2ccc(OS(C)(=O)=O)cc2)cc1)[S+]([O-])CCc1ccc(O)cc1. The number of aryl methyl sites for hydroxylation is 1. The summed E-state index contributed by atoms with van der Waals surface area (Å²) in [5, 5.41) is 8.63.